The molecule has 2 N–H and O–H groups in total. The van der Waals surface area contributed by atoms with Crippen molar-refractivity contribution in [2.24, 2.45) is 16.6 Å². The molecular weight excluding hydrogens is 225 g/mol. The standard InChI is InChI=1S/C5H7F3N2.C4H8O2/c6-5(7,8)3-1-4(9)10-2-3;1-4-5-2-3-6-4/h3H,1-2H2,(H2,9,10);4H,2-3H2,1H3. The van der Waals surface area contributed by atoms with Crippen LogP contribution in [-0.2, 0) is 9.47 Å². The lowest BCUT2D eigenvalue weighted by Gasteiger charge is -2.11. The minimum absolute atomic E-state index is 0.0463. The van der Waals surface area contributed by atoms with Gasteiger partial charge in [0.05, 0.1) is 31.5 Å². The summed E-state index contributed by atoms with van der Waals surface area (Å²) in [5.74, 6) is -1.23. The van der Waals surface area contributed by atoms with Crippen LogP contribution in [0.1, 0.15) is 13.3 Å². The monoisotopic (exact) mass is 240 g/mol. The van der Waals surface area contributed by atoms with Gasteiger partial charge in [-0.3, -0.25) is 4.99 Å². The summed E-state index contributed by atoms with van der Waals surface area (Å²) in [4.78, 5) is 3.46. The molecule has 0 amide bonds. The first-order chi connectivity index (χ1) is 7.39. The predicted octanol–water partition coefficient (Wildman–Crippen LogP) is 1.30. The van der Waals surface area contributed by atoms with Crippen LogP contribution in [-0.4, -0.2) is 38.1 Å². The van der Waals surface area contributed by atoms with Gasteiger partial charge in [-0.15, -0.1) is 0 Å². The van der Waals surface area contributed by atoms with E-state index in [9.17, 15) is 13.2 Å². The van der Waals surface area contributed by atoms with Gasteiger partial charge in [0.15, 0.2) is 6.29 Å². The van der Waals surface area contributed by atoms with Gasteiger partial charge in [-0.1, -0.05) is 0 Å². The zero-order valence-corrected chi connectivity index (χ0v) is 8.96. The van der Waals surface area contributed by atoms with Crippen molar-refractivity contribution in [1.82, 2.24) is 0 Å². The number of alkyl halides is 3. The summed E-state index contributed by atoms with van der Waals surface area (Å²) in [6.45, 7) is 3.23. The lowest BCUT2D eigenvalue weighted by molar-refractivity contribution is -0.167. The maximum absolute atomic E-state index is 11.8. The molecule has 16 heavy (non-hydrogen) atoms. The first-order valence-corrected chi connectivity index (χ1v) is 4.98. The van der Waals surface area contributed by atoms with E-state index in [4.69, 9.17) is 15.2 Å². The first-order valence-electron chi connectivity index (χ1n) is 4.98. The summed E-state index contributed by atoms with van der Waals surface area (Å²) >= 11 is 0. The number of halogens is 3. The third-order valence-electron chi connectivity index (χ3n) is 2.22. The van der Waals surface area contributed by atoms with Gasteiger partial charge < -0.3 is 15.2 Å². The SMILES string of the molecule is CC1OCCO1.NC1=NCC(C(F)(F)F)C1. The number of amidine groups is 1. The molecule has 0 aliphatic carbocycles. The number of ether oxygens (including phenoxy) is 2. The molecule has 94 valence electrons. The fraction of sp³-hybridized carbons (Fsp3) is 0.889. The average molecular weight is 240 g/mol. The van der Waals surface area contributed by atoms with Gasteiger partial charge in [-0.05, 0) is 6.92 Å². The summed E-state index contributed by atoms with van der Waals surface area (Å²) in [7, 11) is 0. The van der Waals surface area contributed by atoms with Crippen LogP contribution in [0.4, 0.5) is 13.2 Å². The van der Waals surface area contributed by atoms with Gasteiger partial charge in [-0.2, -0.15) is 13.2 Å². The molecule has 0 bridgehead atoms. The minimum Gasteiger partial charge on any atom is -0.387 e. The Morgan fingerprint density at radius 2 is 1.88 bits per heavy atom. The van der Waals surface area contributed by atoms with E-state index >= 15 is 0 Å². The fourth-order valence-corrected chi connectivity index (χ4v) is 1.30. The molecule has 4 nitrogen and oxygen atoms in total. The third kappa shape index (κ3) is 4.36. The summed E-state index contributed by atoms with van der Waals surface area (Å²) in [6.07, 6.45) is -4.22. The van der Waals surface area contributed by atoms with Crippen LogP contribution in [0.3, 0.4) is 0 Å². The number of rotatable bonds is 0. The van der Waals surface area contributed by atoms with Crippen LogP contribution in [0.25, 0.3) is 0 Å². The molecule has 0 radical (unpaired) electrons. The highest BCUT2D eigenvalue weighted by atomic mass is 19.4. The van der Waals surface area contributed by atoms with Crippen LogP contribution in [0.2, 0.25) is 0 Å². The largest absolute Gasteiger partial charge is 0.394 e. The molecule has 1 fully saturated rings. The molecule has 0 aromatic heterocycles. The molecule has 7 heteroatoms. The Balaban J connectivity index is 0.000000181. The van der Waals surface area contributed by atoms with E-state index in [1.807, 2.05) is 6.92 Å². The molecule has 0 saturated carbocycles. The molecule has 2 aliphatic rings. The highest BCUT2D eigenvalue weighted by Crippen LogP contribution is 2.31. The molecule has 1 saturated heterocycles. The van der Waals surface area contributed by atoms with Crippen molar-refractivity contribution in [3.63, 3.8) is 0 Å². The van der Waals surface area contributed by atoms with Crippen molar-refractivity contribution in [3.05, 3.63) is 0 Å². The van der Waals surface area contributed by atoms with E-state index in [0.717, 1.165) is 13.2 Å². The highest BCUT2D eigenvalue weighted by Gasteiger charge is 2.41. The Kier molecular flexibility index (Phi) is 4.55. The molecule has 1 atom stereocenters. The van der Waals surface area contributed by atoms with E-state index in [2.05, 4.69) is 4.99 Å². The Labute approximate surface area is 91.6 Å². The van der Waals surface area contributed by atoms with E-state index in [1.54, 1.807) is 0 Å². The average Bonchev–Trinajstić information content (AvgIpc) is 2.76. The van der Waals surface area contributed by atoms with Gasteiger partial charge in [0.1, 0.15) is 0 Å². The molecule has 0 aromatic carbocycles. The highest BCUT2D eigenvalue weighted by molar-refractivity contribution is 5.82. The second-order valence-corrected chi connectivity index (χ2v) is 3.58. The lowest BCUT2D eigenvalue weighted by atomic mass is 10.1. The molecule has 2 aliphatic heterocycles. The first kappa shape index (κ1) is 13.2. The van der Waals surface area contributed by atoms with Crippen molar-refractivity contribution in [2.75, 3.05) is 19.8 Å². The molecule has 2 rings (SSSR count). The number of hydrogen-bond acceptors (Lipinski definition) is 4. The summed E-state index contributed by atoms with van der Waals surface area (Å²) in [6, 6.07) is 0. The quantitative estimate of drug-likeness (QED) is 0.694. The van der Waals surface area contributed by atoms with Crippen molar-refractivity contribution >= 4 is 5.84 Å². The number of hydrogen-bond donors (Lipinski definition) is 1. The lowest BCUT2D eigenvalue weighted by Crippen LogP contribution is -2.24. The van der Waals surface area contributed by atoms with Crippen LogP contribution in [0, 0.1) is 5.92 Å². The maximum atomic E-state index is 11.8. The topological polar surface area (TPSA) is 56.8 Å². The molecule has 1 unspecified atom stereocenters. The summed E-state index contributed by atoms with van der Waals surface area (Å²) in [5, 5.41) is 0. The normalized spacial score (nSPS) is 26.2. The zero-order valence-electron chi connectivity index (χ0n) is 8.96. The van der Waals surface area contributed by atoms with Crippen molar-refractivity contribution in [1.29, 1.82) is 0 Å². The molecule has 2 heterocycles. The molecule has 0 spiro atoms. The second kappa shape index (κ2) is 5.49. The van der Waals surface area contributed by atoms with Gasteiger partial charge in [0.2, 0.25) is 0 Å². The van der Waals surface area contributed by atoms with Crippen molar-refractivity contribution in [3.8, 4) is 0 Å². The molecular formula is C9H15F3N2O2. The van der Waals surface area contributed by atoms with Crippen molar-refractivity contribution < 1.29 is 22.6 Å². The van der Waals surface area contributed by atoms with Crippen LogP contribution < -0.4 is 5.73 Å². The summed E-state index contributed by atoms with van der Waals surface area (Å²) < 4.78 is 45.3. The zero-order chi connectivity index (χ0) is 12.2. The Bertz CT molecular complexity index is 250. The smallest absolute Gasteiger partial charge is 0.387 e. The van der Waals surface area contributed by atoms with E-state index in [1.165, 1.54) is 0 Å². The number of nitrogens with two attached hydrogens (primary N) is 1. The number of aliphatic imine (C=N–C) groups is 1. The van der Waals surface area contributed by atoms with Crippen LogP contribution in [0.5, 0.6) is 0 Å². The predicted molar refractivity (Wildman–Crippen MR) is 52.0 cm³/mol. The van der Waals surface area contributed by atoms with Gasteiger partial charge in [-0.25, -0.2) is 0 Å². The fourth-order valence-electron chi connectivity index (χ4n) is 1.30. The Hall–Kier alpha value is -0.820. The Morgan fingerprint density at radius 3 is 2.06 bits per heavy atom. The summed E-state index contributed by atoms with van der Waals surface area (Å²) in [5.41, 5.74) is 5.07. The van der Waals surface area contributed by atoms with Gasteiger partial charge >= 0.3 is 6.18 Å². The van der Waals surface area contributed by atoms with Crippen LogP contribution in [0.15, 0.2) is 4.99 Å². The van der Waals surface area contributed by atoms with Gasteiger partial charge in [0, 0.05) is 6.42 Å². The van der Waals surface area contributed by atoms with E-state index in [-0.39, 0.29) is 25.1 Å². The maximum Gasteiger partial charge on any atom is 0.394 e. The third-order valence-corrected chi connectivity index (χ3v) is 2.22. The van der Waals surface area contributed by atoms with E-state index in [0.29, 0.717) is 0 Å². The van der Waals surface area contributed by atoms with E-state index < -0.39 is 12.1 Å². The second-order valence-electron chi connectivity index (χ2n) is 3.58. The van der Waals surface area contributed by atoms with Crippen molar-refractivity contribution in [2.45, 2.75) is 25.8 Å². The van der Waals surface area contributed by atoms with Crippen LogP contribution >= 0.6 is 0 Å². The van der Waals surface area contributed by atoms with Gasteiger partial charge in [0.25, 0.3) is 0 Å². The Morgan fingerprint density at radius 1 is 1.31 bits per heavy atom. The number of nitrogens with zero attached hydrogens (tertiary/aromatic N) is 1. The molecule has 0 aromatic rings. The minimum atomic E-state index is -4.13.